The topological polar surface area (TPSA) is 158 Å². The zero-order chi connectivity index (χ0) is 20.1. The fourth-order valence-corrected chi connectivity index (χ4v) is 3.85. The van der Waals surface area contributed by atoms with Gasteiger partial charge in [-0.25, -0.2) is 0 Å². The lowest BCUT2D eigenvalue weighted by Gasteiger charge is -2.57. The second-order valence-corrected chi connectivity index (χ2v) is 6.37. The van der Waals surface area contributed by atoms with Crippen molar-refractivity contribution in [3.63, 3.8) is 0 Å². The number of rotatable bonds is 12. The molecule has 0 spiro atoms. The largest absolute Gasteiger partial charge is 0.549 e. The zero-order valence-electron chi connectivity index (χ0n) is 15.0. The van der Waals surface area contributed by atoms with Crippen molar-refractivity contribution in [2.75, 3.05) is 0 Å². The molecule has 2 unspecified atom stereocenters. The first kappa shape index (κ1) is 23.0. The number of hydrogen-bond acceptors (Lipinski definition) is 8. The molecule has 0 aliphatic rings. The lowest BCUT2D eigenvalue weighted by atomic mass is 9.52. The Bertz CT molecular complexity index is 519. The molecule has 8 nitrogen and oxygen atoms in total. The lowest BCUT2D eigenvalue weighted by Crippen LogP contribution is -2.77. The number of carboxylic acids is 3. The molecule has 0 radical (unpaired) electrons. The molecule has 8 heteroatoms. The van der Waals surface area contributed by atoms with Crippen LogP contribution in [0.3, 0.4) is 0 Å². The van der Waals surface area contributed by atoms with E-state index in [2.05, 4.69) is 0 Å². The Kier molecular flexibility index (Phi) is 7.76. The summed E-state index contributed by atoms with van der Waals surface area (Å²) in [6, 6.07) is 0. The molecule has 0 aliphatic carbocycles. The predicted octanol–water partition coefficient (Wildman–Crippen LogP) is -2.07. The molecule has 0 amide bonds. The summed E-state index contributed by atoms with van der Waals surface area (Å²) in [6.07, 6.45) is -1.21. The van der Waals surface area contributed by atoms with Crippen LogP contribution < -0.4 is 15.3 Å². The molecule has 0 aliphatic heterocycles. The molecule has 0 aromatic carbocycles. The van der Waals surface area contributed by atoms with Gasteiger partial charge in [-0.3, -0.25) is 4.79 Å². The molecule has 1 N–H and O–H groups in total. The molecular formula is C17H25O8-3. The maximum Gasteiger partial charge on any atom is 0.144 e. The van der Waals surface area contributed by atoms with Crippen LogP contribution in [0.4, 0.5) is 0 Å². The Morgan fingerprint density at radius 1 is 0.760 bits per heavy atom. The van der Waals surface area contributed by atoms with Gasteiger partial charge in [-0.1, -0.05) is 40.0 Å². The van der Waals surface area contributed by atoms with Crippen LogP contribution in [0.1, 0.15) is 66.2 Å². The van der Waals surface area contributed by atoms with Crippen LogP contribution in [0.25, 0.3) is 0 Å². The van der Waals surface area contributed by atoms with Crippen molar-refractivity contribution in [3.8, 4) is 0 Å². The summed E-state index contributed by atoms with van der Waals surface area (Å²) in [4.78, 5) is 48.0. The highest BCUT2D eigenvalue weighted by atomic mass is 16.4. The Morgan fingerprint density at radius 2 is 1.16 bits per heavy atom. The van der Waals surface area contributed by atoms with Crippen molar-refractivity contribution in [1.29, 1.82) is 0 Å². The van der Waals surface area contributed by atoms with Gasteiger partial charge in [0.1, 0.15) is 16.8 Å². The Balaban J connectivity index is 7.18. The minimum absolute atomic E-state index is 0.00940. The molecule has 144 valence electrons. The van der Waals surface area contributed by atoms with E-state index < -0.39 is 59.4 Å². The van der Waals surface area contributed by atoms with E-state index in [1.807, 2.05) is 0 Å². The molecule has 0 fully saturated rings. The van der Waals surface area contributed by atoms with Gasteiger partial charge >= 0.3 is 0 Å². The van der Waals surface area contributed by atoms with Crippen molar-refractivity contribution in [1.82, 2.24) is 0 Å². The standard InChI is InChI=1S/C17H28O8/c1-5-8-15(9-6-2,12(19)20)17(25,14(23)24)16(10-7-3,11(4)18)13(21)22/h25H,5-10H2,1-4H3,(H,19,20)(H,21,22)(H,23,24)/p-3. The van der Waals surface area contributed by atoms with E-state index >= 15 is 0 Å². The number of carbonyl (C=O) groups excluding carboxylic acids is 4. The SMILES string of the molecule is CCCC(CCC)(C(=O)[O-])C(O)(C(=O)[O-])C(CCC)(C(C)=O)C(=O)[O-]. The summed E-state index contributed by atoms with van der Waals surface area (Å²) in [6.45, 7) is 5.34. The van der Waals surface area contributed by atoms with Crippen LogP contribution in [-0.4, -0.2) is 34.4 Å². The van der Waals surface area contributed by atoms with Gasteiger partial charge in [0.25, 0.3) is 0 Å². The first-order valence-electron chi connectivity index (χ1n) is 8.33. The average molecular weight is 357 g/mol. The fourth-order valence-electron chi connectivity index (χ4n) is 3.85. The van der Waals surface area contributed by atoms with E-state index in [-0.39, 0.29) is 19.3 Å². The van der Waals surface area contributed by atoms with Crippen molar-refractivity contribution in [3.05, 3.63) is 0 Å². The first-order valence-corrected chi connectivity index (χ1v) is 8.33. The van der Waals surface area contributed by atoms with Crippen LogP contribution in [0.15, 0.2) is 0 Å². The van der Waals surface area contributed by atoms with Gasteiger partial charge in [0.2, 0.25) is 0 Å². The summed E-state index contributed by atoms with van der Waals surface area (Å²) in [5, 5.41) is 46.9. The number of ketones is 1. The van der Waals surface area contributed by atoms with Crippen LogP contribution in [0.5, 0.6) is 0 Å². The monoisotopic (exact) mass is 357 g/mol. The van der Waals surface area contributed by atoms with E-state index in [1.54, 1.807) is 0 Å². The number of Topliss-reactive ketones (excluding diaryl/α,β-unsaturated/α-hetero) is 1. The molecule has 0 rings (SSSR count). The van der Waals surface area contributed by atoms with Crippen molar-refractivity contribution in [2.45, 2.75) is 71.8 Å². The molecule has 0 aromatic heterocycles. The van der Waals surface area contributed by atoms with E-state index in [4.69, 9.17) is 0 Å². The Hall–Kier alpha value is -1.96. The van der Waals surface area contributed by atoms with Gasteiger partial charge in [-0.15, -0.1) is 0 Å². The Morgan fingerprint density at radius 3 is 1.36 bits per heavy atom. The van der Waals surface area contributed by atoms with Gasteiger partial charge in [-0.05, 0) is 26.2 Å². The van der Waals surface area contributed by atoms with Gasteiger partial charge in [0, 0.05) is 5.41 Å². The number of carbonyl (C=O) groups is 4. The maximum atomic E-state index is 12.2. The van der Waals surface area contributed by atoms with Gasteiger partial charge in [-0.2, -0.15) is 0 Å². The smallest absolute Gasteiger partial charge is 0.144 e. The number of aliphatic hydroxyl groups is 1. The summed E-state index contributed by atoms with van der Waals surface area (Å²) in [7, 11) is 0. The van der Waals surface area contributed by atoms with E-state index in [0.29, 0.717) is 0 Å². The molecule has 0 heterocycles. The second-order valence-electron chi connectivity index (χ2n) is 6.37. The minimum atomic E-state index is -3.52. The number of carboxylic acid groups (broad SMARTS) is 3. The summed E-state index contributed by atoms with van der Waals surface area (Å²) < 4.78 is 0. The van der Waals surface area contributed by atoms with Crippen LogP contribution in [-0.2, 0) is 19.2 Å². The normalized spacial score (nSPS) is 16.5. The Labute approximate surface area is 146 Å². The minimum Gasteiger partial charge on any atom is -0.549 e. The fraction of sp³-hybridized carbons (Fsp3) is 0.765. The van der Waals surface area contributed by atoms with Crippen molar-refractivity contribution in [2.24, 2.45) is 10.8 Å². The summed E-state index contributed by atoms with van der Waals surface area (Å²) in [5.74, 6) is -7.64. The highest BCUT2D eigenvalue weighted by Gasteiger charge is 2.66. The molecule has 0 bridgehead atoms. The molecular weight excluding hydrogens is 332 g/mol. The van der Waals surface area contributed by atoms with Crippen molar-refractivity contribution >= 4 is 23.7 Å². The predicted molar refractivity (Wildman–Crippen MR) is 80.2 cm³/mol. The third kappa shape index (κ3) is 3.27. The summed E-state index contributed by atoms with van der Waals surface area (Å²) in [5.41, 5.74) is -9.01. The molecule has 0 saturated carbocycles. The molecule has 0 aromatic rings. The lowest BCUT2D eigenvalue weighted by molar-refractivity contribution is -0.371. The van der Waals surface area contributed by atoms with E-state index in [9.17, 15) is 39.6 Å². The van der Waals surface area contributed by atoms with E-state index in [1.165, 1.54) is 20.8 Å². The second kappa shape index (κ2) is 8.42. The number of aliphatic carboxylic acids is 3. The third-order valence-electron chi connectivity index (χ3n) is 4.92. The quantitative estimate of drug-likeness (QED) is 0.390. The molecule has 25 heavy (non-hydrogen) atoms. The third-order valence-corrected chi connectivity index (χ3v) is 4.92. The van der Waals surface area contributed by atoms with Gasteiger partial charge in [0.05, 0.1) is 17.9 Å². The van der Waals surface area contributed by atoms with Gasteiger partial charge < -0.3 is 34.8 Å². The van der Waals surface area contributed by atoms with Crippen LogP contribution in [0.2, 0.25) is 0 Å². The highest BCUT2D eigenvalue weighted by Crippen LogP contribution is 2.52. The first-order chi connectivity index (χ1) is 11.5. The van der Waals surface area contributed by atoms with E-state index in [0.717, 1.165) is 6.92 Å². The van der Waals surface area contributed by atoms with Crippen LogP contribution >= 0.6 is 0 Å². The zero-order valence-corrected chi connectivity index (χ0v) is 15.0. The van der Waals surface area contributed by atoms with Crippen molar-refractivity contribution < 1.29 is 39.6 Å². The average Bonchev–Trinajstić information content (AvgIpc) is 2.50. The van der Waals surface area contributed by atoms with Gasteiger partial charge in [0.15, 0.2) is 0 Å². The summed E-state index contributed by atoms with van der Waals surface area (Å²) >= 11 is 0. The number of hydrogen-bond donors (Lipinski definition) is 1. The maximum absolute atomic E-state index is 12.2. The van der Waals surface area contributed by atoms with Crippen LogP contribution in [0, 0.1) is 10.8 Å². The molecule has 2 atom stereocenters. The highest BCUT2D eigenvalue weighted by molar-refractivity contribution is 6.09. The molecule has 0 saturated heterocycles.